The number of benzene rings is 1. The van der Waals surface area contributed by atoms with Gasteiger partial charge >= 0.3 is 0 Å². The number of nitrogens with zero attached hydrogens (tertiary/aromatic N) is 3. The van der Waals surface area contributed by atoms with E-state index in [9.17, 15) is 0 Å². The standard InChI is InChI=1S/C14H12N4O/c1-2-8-19-11-5-3-4-10(9-11)12-17-13-14(18-12)16-7-6-15-13/h2-7,9H,1,8H2,(H,15,16,17,18). The number of rotatable bonds is 4. The van der Waals surface area contributed by atoms with Crippen LogP contribution in [0, 0.1) is 0 Å². The zero-order chi connectivity index (χ0) is 13.1. The highest BCUT2D eigenvalue weighted by molar-refractivity contribution is 5.72. The molecule has 3 rings (SSSR count). The minimum absolute atomic E-state index is 0.479. The second-order valence-electron chi connectivity index (χ2n) is 3.94. The third-order valence-corrected chi connectivity index (χ3v) is 2.61. The number of fused-ring (bicyclic) bond motifs is 1. The molecule has 0 radical (unpaired) electrons. The third-order valence-electron chi connectivity index (χ3n) is 2.61. The average Bonchev–Trinajstić information content (AvgIpc) is 2.89. The Morgan fingerprint density at radius 2 is 2.16 bits per heavy atom. The van der Waals surface area contributed by atoms with Crippen molar-refractivity contribution in [2.24, 2.45) is 0 Å². The maximum Gasteiger partial charge on any atom is 0.197 e. The van der Waals surface area contributed by atoms with Crippen molar-refractivity contribution in [3.05, 3.63) is 49.3 Å². The molecule has 1 aromatic carbocycles. The molecule has 0 bridgehead atoms. The fourth-order valence-corrected chi connectivity index (χ4v) is 1.77. The van der Waals surface area contributed by atoms with E-state index in [0.717, 1.165) is 17.1 Å². The molecule has 0 aliphatic carbocycles. The number of hydrogen-bond donors (Lipinski definition) is 1. The molecule has 5 heteroatoms. The summed E-state index contributed by atoms with van der Waals surface area (Å²) in [6.45, 7) is 4.10. The molecule has 2 aromatic heterocycles. The lowest BCUT2D eigenvalue weighted by Crippen LogP contribution is -1.92. The van der Waals surface area contributed by atoms with Crippen LogP contribution in [0.25, 0.3) is 22.7 Å². The van der Waals surface area contributed by atoms with Gasteiger partial charge < -0.3 is 9.72 Å². The van der Waals surface area contributed by atoms with E-state index >= 15 is 0 Å². The van der Waals surface area contributed by atoms with Gasteiger partial charge in [-0.1, -0.05) is 24.8 Å². The molecule has 0 unspecified atom stereocenters. The number of H-pyrrole nitrogens is 1. The van der Waals surface area contributed by atoms with Crippen molar-refractivity contribution < 1.29 is 4.74 Å². The molecule has 2 heterocycles. The molecule has 1 N–H and O–H groups in total. The quantitative estimate of drug-likeness (QED) is 0.725. The van der Waals surface area contributed by atoms with Crippen molar-refractivity contribution in [1.29, 1.82) is 0 Å². The molecular formula is C14H12N4O. The lowest BCUT2D eigenvalue weighted by atomic mass is 10.2. The summed E-state index contributed by atoms with van der Waals surface area (Å²) in [5.74, 6) is 1.50. The summed E-state index contributed by atoms with van der Waals surface area (Å²) in [7, 11) is 0. The average molecular weight is 252 g/mol. The van der Waals surface area contributed by atoms with Gasteiger partial charge in [-0.25, -0.2) is 15.0 Å². The zero-order valence-corrected chi connectivity index (χ0v) is 10.2. The highest BCUT2D eigenvalue weighted by atomic mass is 16.5. The Labute approximate surface area is 110 Å². The van der Waals surface area contributed by atoms with Gasteiger partial charge in [-0.3, -0.25) is 0 Å². The van der Waals surface area contributed by atoms with Crippen molar-refractivity contribution in [3.8, 4) is 17.1 Å². The molecule has 0 aliphatic heterocycles. The van der Waals surface area contributed by atoms with Gasteiger partial charge in [-0.15, -0.1) is 0 Å². The summed E-state index contributed by atoms with van der Waals surface area (Å²) >= 11 is 0. The first-order chi connectivity index (χ1) is 9.36. The summed E-state index contributed by atoms with van der Waals surface area (Å²) in [5.41, 5.74) is 2.21. The fraction of sp³-hybridized carbons (Fsp3) is 0.0714. The third kappa shape index (κ3) is 2.30. The van der Waals surface area contributed by atoms with Gasteiger partial charge in [0, 0.05) is 18.0 Å². The van der Waals surface area contributed by atoms with Crippen LogP contribution in [0.3, 0.4) is 0 Å². The first-order valence-electron chi connectivity index (χ1n) is 5.87. The second kappa shape index (κ2) is 4.89. The second-order valence-corrected chi connectivity index (χ2v) is 3.94. The largest absolute Gasteiger partial charge is 0.490 e. The lowest BCUT2D eigenvalue weighted by molar-refractivity contribution is 0.363. The fourth-order valence-electron chi connectivity index (χ4n) is 1.77. The summed E-state index contributed by atoms with van der Waals surface area (Å²) < 4.78 is 5.50. The minimum atomic E-state index is 0.479. The molecule has 0 amide bonds. The normalized spacial score (nSPS) is 10.5. The number of aromatic nitrogens is 4. The van der Waals surface area contributed by atoms with Crippen molar-refractivity contribution in [2.75, 3.05) is 6.61 Å². The minimum Gasteiger partial charge on any atom is -0.490 e. The van der Waals surface area contributed by atoms with E-state index in [1.807, 2.05) is 24.3 Å². The first kappa shape index (κ1) is 11.4. The van der Waals surface area contributed by atoms with E-state index in [2.05, 4.69) is 26.5 Å². The van der Waals surface area contributed by atoms with Gasteiger partial charge in [0.25, 0.3) is 0 Å². The van der Waals surface area contributed by atoms with Crippen LogP contribution in [0.1, 0.15) is 0 Å². The summed E-state index contributed by atoms with van der Waals surface area (Å²) in [6, 6.07) is 7.69. The van der Waals surface area contributed by atoms with Crippen LogP contribution in [0.4, 0.5) is 0 Å². The Balaban J connectivity index is 1.98. The molecule has 19 heavy (non-hydrogen) atoms. The SMILES string of the molecule is C=CCOc1cccc(-c2nc3nccnc3[nH]2)c1. The molecule has 0 aliphatic rings. The highest BCUT2D eigenvalue weighted by Gasteiger charge is 2.07. The lowest BCUT2D eigenvalue weighted by Gasteiger charge is -2.04. The Bertz CT molecular complexity index is 687. The van der Waals surface area contributed by atoms with E-state index in [4.69, 9.17) is 4.74 Å². The van der Waals surface area contributed by atoms with Crippen LogP contribution < -0.4 is 4.74 Å². The van der Waals surface area contributed by atoms with Crippen molar-refractivity contribution in [3.63, 3.8) is 0 Å². The summed E-state index contributed by atoms with van der Waals surface area (Å²) in [4.78, 5) is 15.9. The maximum atomic E-state index is 5.50. The first-order valence-corrected chi connectivity index (χ1v) is 5.87. The molecule has 0 atom stereocenters. The van der Waals surface area contributed by atoms with Gasteiger partial charge in [0.15, 0.2) is 11.3 Å². The van der Waals surface area contributed by atoms with Crippen LogP contribution >= 0.6 is 0 Å². The van der Waals surface area contributed by atoms with E-state index in [-0.39, 0.29) is 0 Å². The van der Waals surface area contributed by atoms with Crippen LogP contribution in [0.15, 0.2) is 49.3 Å². The molecule has 0 spiro atoms. The maximum absolute atomic E-state index is 5.50. The molecule has 0 saturated carbocycles. The predicted molar refractivity (Wildman–Crippen MR) is 72.8 cm³/mol. The molecule has 3 aromatic rings. The van der Waals surface area contributed by atoms with E-state index in [0.29, 0.717) is 17.9 Å². The smallest absolute Gasteiger partial charge is 0.197 e. The number of ether oxygens (including phenoxy) is 1. The number of imidazole rings is 1. The number of nitrogens with one attached hydrogen (secondary N) is 1. The number of aromatic amines is 1. The summed E-state index contributed by atoms with van der Waals surface area (Å²) in [6.07, 6.45) is 4.96. The topological polar surface area (TPSA) is 63.7 Å². The molecule has 0 saturated heterocycles. The monoisotopic (exact) mass is 252 g/mol. The van der Waals surface area contributed by atoms with Gasteiger partial charge in [0.05, 0.1) is 0 Å². The van der Waals surface area contributed by atoms with Crippen molar-refractivity contribution >= 4 is 11.3 Å². The van der Waals surface area contributed by atoms with Gasteiger partial charge in [-0.2, -0.15) is 0 Å². The zero-order valence-electron chi connectivity index (χ0n) is 10.2. The van der Waals surface area contributed by atoms with Gasteiger partial charge in [0.2, 0.25) is 0 Å². The van der Waals surface area contributed by atoms with E-state index < -0.39 is 0 Å². The van der Waals surface area contributed by atoms with Crippen molar-refractivity contribution in [2.45, 2.75) is 0 Å². The van der Waals surface area contributed by atoms with Gasteiger partial charge in [-0.05, 0) is 12.1 Å². The van der Waals surface area contributed by atoms with Crippen LogP contribution in [-0.4, -0.2) is 26.5 Å². The Morgan fingerprint density at radius 3 is 3.00 bits per heavy atom. The molecule has 5 nitrogen and oxygen atoms in total. The molecule has 0 fully saturated rings. The van der Waals surface area contributed by atoms with Crippen LogP contribution in [-0.2, 0) is 0 Å². The summed E-state index contributed by atoms with van der Waals surface area (Å²) in [5, 5.41) is 0. The highest BCUT2D eigenvalue weighted by Crippen LogP contribution is 2.22. The van der Waals surface area contributed by atoms with E-state index in [1.165, 1.54) is 0 Å². The van der Waals surface area contributed by atoms with E-state index in [1.54, 1.807) is 18.5 Å². The Hall–Kier alpha value is -2.69. The van der Waals surface area contributed by atoms with Crippen LogP contribution in [0.5, 0.6) is 5.75 Å². The Morgan fingerprint density at radius 1 is 1.26 bits per heavy atom. The number of hydrogen-bond acceptors (Lipinski definition) is 4. The van der Waals surface area contributed by atoms with Crippen LogP contribution in [0.2, 0.25) is 0 Å². The Kier molecular flexibility index (Phi) is 2.94. The molecular weight excluding hydrogens is 240 g/mol. The van der Waals surface area contributed by atoms with Gasteiger partial charge in [0.1, 0.15) is 18.2 Å². The molecule has 94 valence electrons. The van der Waals surface area contributed by atoms with Crippen molar-refractivity contribution in [1.82, 2.24) is 19.9 Å². The predicted octanol–water partition coefficient (Wildman–Crippen LogP) is 2.58.